The standard InChI is InChI=1S/C19H15F3O/c1-11-7-12(2)18-15(8-11)9-14(10-17(18)23)13-3-5-16(6-4-13)19(20,21)22/h3-8,10H,9H2,1-2H3. The molecular weight excluding hydrogens is 301 g/mol. The maximum atomic E-state index is 12.6. The lowest BCUT2D eigenvalue weighted by molar-refractivity contribution is -0.137. The Morgan fingerprint density at radius 2 is 1.65 bits per heavy atom. The molecule has 1 nitrogen and oxygen atoms in total. The normalized spacial score (nSPS) is 14.5. The zero-order valence-corrected chi connectivity index (χ0v) is 12.8. The molecule has 2 aromatic rings. The lowest BCUT2D eigenvalue weighted by Gasteiger charge is -2.19. The Bertz CT molecular complexity index is 812. The van der Waals surface area contributed by atoms with Crippen molar-refractivity contribution < 1.29 is 18.0 Å². The van der Waals surface area contributed by atoms with Gasteiger partial charge in [0.2, 0.25) is 0 Å². The minimum Gasteiger partial charge on any atom is -0.289 e. The molecule has 0 saturated carbocycles. The van der Waals surface area contributed by atoms with Crippen LogP contribution in [0.4, 0.5) is 13.2 Å². The summed E-state index contributed by atoms with van der Waals surface area (Å²) in [5.74, 6) is -0.0846. The van der Waals surface area contributed by atoms with E-state index < -0.39 is 11.7 Å². The third-order valence-corrected chi connectivity index (χ3v) is 4.08. The number of benzene rings is 2. The van der Waals surface area contributed by atoms with Crippen molar-refractivity contribution in [2.45, 2.75) is 26.4 Å². The second-order valence-electron chi connectivity index (χ2n) is 5.90. The molecule has 0 heterocycles. The lowest BCUT2D eigenvalue weighted by atomic mass is 9.84. The van der Waals surface area contributed by atoms with E-state index in [2.05, 4.69) is 0 Å². The van der Waals surface area contributed by atoms with Crippen LogP contribution in [0.25, 0.3) is 5.57 Å². The Kier molecular flexibility index (Phi) is 3.63. The Morgan fingerprint density at radius 1 is 1.00 bits per heavy atom. The van der Waals surface area contributed by atoms with Gasteiger partial charge in [-0.25, -0.2) is 0 Å². The van der Waals surface area contributed by atoms with E-state index in [0.29, 0.717) is 17.5 Å². The van der Waals surface area contributed by atoms with Gasteiger partial charge in [-0.15, -0.1) is 0 Å². The minimum atomic E-state index is -4.35. The summed E-state index contributed by atoms with van der Waals surface area (Å²) in [7, 11) is 0. The van der Waals surface area contributed by atoms with E-state index in [1.807, 2.05) is 26.0 Å². The van der Waals surface area contributed by atoms with Crippen LogP contribution in [0, 0.1) is 13.8 Å². The highest BCUT2D eigenvalue weighted by atomic mass is 19.4. The van der Waals surface area contributed by atoms with E-state index in [-0.39, 0.29) is 5.78 Å². The molecule has 0 N–H and O–H groups in total. The molecule has 0 aliphatic heterocycles. The molecule has 1 aliphatic rings. The minimum absolute atomic E-state index is 0.0846. The number of ketones is 1. The van der Waals surface area contributed by atoms with Crippen LogP contribution in [0.3, 0.4) is 0 Å². The van der Waals surface area contributed by atoms with E-state index in [9.17, 15) is 18.0 Å². The molecule has 0 amide bonds. The highest BCUT2D eigenvalue weighted by Gasteiger charge is 2.30. The van der Waals surface area contributed by atoms with Crippen molar-refractivity contribution in [3.63, 3.8) is 0 Å². The molecule has 2 aromatic carbocycles. The summed E-state index contributed by atoms with van der Waals surface area (Å²) in [5.41, 5.74) is 4.38. The predicted octanol–water partition coefficient (Wildman–Crippen LogP) is 5.14. The number of rotatable bonds is 1. The number of hydrogen-bond acceptors (Lipinski definition) is 1. The summed E-state index contributed by atoms with van der Waals surface area (Å²) >= 11 is 0. The number of carbonyl (C=O) groups excluding carboxylic acids is 1. The molecule has 0 fully saturated rings. The van der Waals surface area contributed by atoms with Gasteiger partial charge >= 0.3 is 6.18 Å². The number of hydrogen-bond donors (Lipinski definition) is 0. The van der Waals surface area contributed by atoms with E-state index in [1.54, 1.807) is 0 Å². The first-order valence-corrected chi connectivity index (χ1v) is 7.28. The van der Waals surface area contributed by atoms with Gasteiger partial charge in [-0.3, -0.25) is 4.79 Å². The van der Waals surface area contributed by atoms with Crippen molar-refractivity contribution in [1.29, 1.82) is 0 Å². The number of fused-ring (bicyclic) bond motifs is 1. The zero-order valence-electron chi connectivity index (χ0n) is 12.8. The third-order valence-electron chi connectivity index (χ3n) is 4.08. The molecule has 0 aromatic heterocycles. The molecule has 0 unspecified atom stereocenters. The first kappa shape index (κ1) is 15.5. The van der Waals surface area contributed by atoms with Crippen LogP contribution >= 0.6 is 0 Å². The van der Waals surface area contributed by atoms with Crippen LogP contribution in [0.2, 0.25) is 0 Å². The average Bonchev–Trinajstić information content (AvgIpc) is 2.45. The molecule has 0 atom stereocenters. The average molecular weight is 316 g/mol. The number of halogens is 3. The van der Waals surface area contributed by atoms with Crippen molar-refractivity contribution in [2.75, 3.05) is 0 Å². The number of alkyl halides is 3. The molecule has 0 radical (unpaired) electrons. The van der Waals surface area contributed by atoms with E-state index >= 15 is 0 Å². The van der Waals surface area contributed by atoms with Crippen LogP contribution in [0.15, 0.2) is 42.5 Å². The van der Waals surface area contributed by atoms with Crippen molar-refractivity contribution in [3.05, 3.63) is 75.9 Å². The fourth-order valence-corrected chi connectivity index (χ4v) is 3.09. The van der Waals surface area contributed by atoms with Gasteiger partial charge in [-0.1, -0.05) is 29.8 Å². The SMILES string of the molecule is Cc1cc(C)c2c(c1)CC(c1ccc(C(F)(F)F)cc1)=CC2=O. The van der Waals surface area contributed by atoms with Crippen LogP contribution in [0.1, 0.15) is 38.2 Å². The van der Waals surface area contributed by atoms with Crippen molar-refractivity contribution in [2.24, 2.45) is 0 Å². The number of carbonyl (C=O) groups is 1. The first-order valence-electron chi connectivity index (χ1n) is 7.28. The summed E-state index contributed by atoms with van der Waals surface area (Å²) in [4.78, 5) is 12.4. The van der Waals surface area contributed by atoms with Crippen LogP contribution in [0.5, 0.6) is 0 Å². The third kappa shape index (κ3) is 2.93. The first-order chi connectivity index (χ1) is 10.8. The molecule has 1 aliphatic carbocycles. The quantitative estimate of drug-likeness (QED) is 0.711. The van der Waals surface area contributed by atoms with E-state index in [0.717, 1.165) is 34.4 Å². The number of allylic oxidation sites excluding steroid dienone is 2. The molecule has 0 saturated heterocycles. The van der Waals surface area contributed by atoms with Gasteiger partial charge in [-0.2, -0.15) is 13.2 Å². The predicted molar refractivity (Wildman–Crippen MR) is 83.4 cm³/mol. The zero-order chi connectivity index (χ0) is 16.8. The highest BCUT2D eigenvalue weighted by molar-refractivity contribution is 6.12. The van der Waals surface area contributed by atoms with Crippen molar-refractivity contribution in [3.8, 4) is 0 Å². The maximum Gasteiger partial charge on any atom is 0.416 e. The maximum absolute atomic E-state index is 12.6. The van der Waals surface area contributed by atoms with Crippen LogP contribution in [-0.4, -0.2) is 5.78 Å². The van der Waals surface area contributed by atoms with Crippen LogP contribution < -0.4 is 0 Å². The molecule has 3 rings (SSSR count). The fraction of sp³-hybridized carbons (Fsp3) is 0.211. The largest absolute Gasteiger partial charge is 0.416 e. The second-order valence-corrected chi connectivity index (χ2v) is 5.90. The van der Waals surface area contributed by atoms with Gasteiger partial charge in [0.25, 0.3) is 0 Å². The Labute approximate surface area is 132 Å². The number of aryl methyl sites for hydroxylation is 2. The van der Waals surface area contributed by atoms with Crippen molar-refractivity contribution in [1.82, 2.24) is 0 Å². The Hall–Kier alpha value is -2.36. The summed E-state index contributed by atoms with van der Waals surface area (Å²) in [6, 6.07) is 8.89. The molecule has 4 heteroatoms. The van der Waals surface area contributed by atoms with Gasteiger partial charge in [0.15, 0.2) is 5.78 Å². The van der Waals surface area contributed by atoms with E-state index in [1.165, 1.54) is 18.2 Å². The van der Waals surface area contributed by atoms with E-state index in [4.69, 9.17) is 0 Å². The fourth-order valence-electron chi connectivity index (χ4n) is 3.09. The van der Waals surface area contributed by atoms with Crippen LogP contribution in [-0.2, 0) is 12.6 Å². The van der Waals surface area contributed by atoms with Gasteiger partial charge in [0, 0.05) is 5.56 Å². The highest BCUT2D eigenvalue weighted by Crippen LogP contribution is 2.33. The summed E-state index contributed by atoms with van der Waals surface area (Å²) < 4.78 is 37.9. The van der Waals surface area contributed by atoms with Gasteiger partial charge in [0.05, 0.1) is 5.56 Å². The molecule has 118 valence electrons. The Morgan fingerprint density at radius 3 is 2.26 bits per heavy atom. The van der Waals surface area contributed by atoms with Gasteiger partial charge in [-0.05, 0) is 60.7 Å². The summed E-state index contributed by atoms with van der Waals surface area (Å²) in [6.07, 6.45) is -2.27. The summed E-state index contributed by atoms with van der Waals surface area (Å²) in [5, 5.41) is 0. The molecule has 0 spiro atoms. The van der Waals surface area contributed by atoms with Crippen molar-refractivity contribution >= 4 is 11.4 Å². The Balaban J connectivity index is 1.98. The van der Waals surface area contributed by atoms with Gasteiger partial charge < -0.3 is 0 Å². The van der Waals surface area contributed by atoms with Gasteiger partial charge in [0.1, 0.15) is 0 Å². The molecular formula is C19H15F3O. The lowest BCUT2D eigenvalue weighted by Crippen LogP contribution is -2.12. The molecule has 23 heavy (non-hydrogen) atoms. The topological polar surface area (TPSA) is 17.1 Å². The molecule has 0 bridgehead atoms. The summed E-state index contributed by atoms with van der Waals surface area (Å²) in [6.45, 7) is 3.87. The monoisotopic (exact) mass is 316 g/mol. The second kappa shape index (κ2) is 5.37. The smallest absolute Gasteiger partial charge is 0.289 e.